The summed E-state index contributed by atoms with van der Waals surface area (Å²) in [6.45, 7) is 2.52. The van der Waals surface area contributed by atoms with Crippen LogP contribution in [0.1, 0.15) is 36.0 Å². The number of aliphatic hydroxyl groups excluding tert-OH is 1. The van der Waals surface area contributed by atoms with Crippen molar-refractivity contribution in [1.82, 2.24) is 9.55 Å². The van der Waals surface area contributed by atoms with E-state index in [1.54, 1.807) is 4.57 Å². The molecule has 5 nitrogen and oxygen atoms in total. The van der Waals surface area contributed by atoms with Gasteiger partial charge in [0, 0.05) is 22.4 Å². The number of ether oxygens (including phenoxy) is 1. The first kappa shape index (κ1) is 16.0. The SMILES string of the molecule is CC[C@@H]1c2cc3n(c(=O)c2CO[C@@H]1O)Cc1c-3nc2ccccc2c1Cl. The van der Waals surface area contributed by atoms with Gasteiger partial charge in [0.1, 0.15) is 0 Å². The fourth-order valence-electron chi connectivity index (χ4n) is 4.12. The third-order valence-electron chi connectivity index (χ3n) is 5.50. The van der Waals surface area contributed by atoms with Crippen LogP contribution in [-0.2, 0) is 17.9 Å². The first-order valence-corrected chi connectivity index (χ1v) is 9.11. The zero-order chi connectivity index (χ0) is 18.0. The number of para-hydroxylation sites is 1. The zero-order valence-corrected chi connectivity index (χ0v) is 15.0. The molecule has 0 saturated carbocycles. The van der Waals surface area contributed by atoms with Crippen molar-refractivity contribution in [3.63, 3.8) is 0 Å². The highest BCUT2D eigenvalue weighted by Gasteiger charge is 2.34. The monoisotopic (exact) mass is 368 g/mol. The molecule has 132 valence electrons. The summed E-state index contributed by atoms with van der Waals surface area (Å²) in [5, 5.41) is 11.7. The molecule has 2 atom stereocenters. The van der Waals surface area contributed by atoms with E-state index < -0.39 is 6.29 Å². The lowest BCUT2D eigenvalue weighted by Crippen LogP contribution is -2.34. The molecule has 2 aliphatic heterocycles. The van der Waals surface area contributed by atoms with Crippen molar-refractivity contribution in [3.05, 3.63) is 62.4 Å². The lowest BCUT2D eigenvalue weighted by atomic mass is 9.90. The van der Waals surface area contributed by atoms with Gasteiger partial charge in [-0.2, -0.15) is 0 Å². The molecule has 3 aromatic rings. The molecule has 0 amide bonds. The molecule has 1 N–H and O–H groups in total. The van der Waals surface area contributed by atoms with Crippen molar-refractivity contribution in [1.29, 1.82) is 0 Å². The Morgan fingerprint density at radius 1 is 1.35 bits per heavy atom. The quantitative estimate of drug-likeness (QED) is 0.559. The van der Waals surface area contributed by atoms with Crippen molar-refractivity contribution in [3.8, 4) is 11.4 Å². The molecular weight excluding hydrogens is 352 g/mol. The Balaban J connectivity index is 1.81. The fourth-order valence-corrected chi connectivity index (χ4v) is 4.43. The average molecular weight is 369 g/mol. The molecular formula is C20H17ClN2O3. The highest BCUT2D eigenvalue weighted by atomic mass is 35.5. The summed E-state index contributed by atoms with van der Waals surface area (Å²) in [6.07, 6.45) is -0.195. The number of aromatic nitrogens is 2. The minimum Gasteiger partial charge on any atom is -0.367 e. The van der Waals surface area contributed by atoms with Gasteiger partial charge in [0.25, 0.3) is 5.56 Å². The Bertz CT molecular complexity index is 1120. The summed E-state index contributed by atoms with van der Waals surface area (Å²) in [4.78, 5) is 17.9. The van der Waals surface area contributed by atoms with E-state index in [0.29, 0.717) is 23.6 Å². The second-order valence-corrected chi connectivity index (χ2v) is 7.22. The van der Waals surface area contributed by atoms with E-state index >= 15 is 0 Å². The second kappa shape index (κ2) is 5.64. The molecule has 6 heteroatoms. The molecule has 1 aromatic carbocycles. The number of aliphatic hydroxyl groups is 1. The summed E-state index contributed by atoms with van der Waals surface area (Å²) < 4.78 is 7.13. The minimum absolute atomic E-state index is 0.0824. The molecule has 2 aliphatic rings. The van der Waals surface area contributed by atoms with E-state index in [1.807, 2.05) is 37.3 Å². The van der Waals surface area contributed by atoms with Crippen molar-refractivity contribution < 1.29 is 9.84 Å². The van der Waals surface area contributed by atoms with Crippen molar-refractivity contribution in [2.75, 3.05) is 0 Å². The van der Waals surface area contributed by atoms with Gasteiger partial charge in [-0.15, -0.1) is 0 Å². The molecule has 0 radical (unpaired) electrons. The van der Waals surface area contributed by atoms with Crippen LogP contribution >= 0.6 is 11.6 Å². The number of benzene rings is 1. The van der Waals surface area contributed by atoms with Crippen LogP contribution in [-0.4, -0.2) is 20.9 Å². The van der Waals surface area contributed by atoms with Crippen LogP contribution in [0.2, 0.25) is 5.02 Å². The third kappa shape index (κ3) is 2.05. The molecule has 4 heterocycles. The lowest BCUT2D eigenvalue weighted by Gasteiger charge is -2.29. The highest BCUT2D eigenvalue weighted by molar-refractivity contribution is 6.36. The first-order valence-electron chi connectivity index (χ1n) is 8.74. The van der Waals surface area contributed by atoms with E-state index in [0.717, 1.165) is 33.4 Å². The van der Waals surface area contributed by atoms with E-state index in [2.05, 4.69) is 0 Å². The van der Waals surface area contributed by atoms with E-state index in [-0.39, 0.29) is 18.1 Å². The van der Waals surface area contributed by atoms with Crippen LogP contribution in [0, 0.1) is 0 Å². The molecule has 0 aliphatic carbocycles. The number of fused-ring (bicyclic) bond motifs is 5. The van der Waals surface area contributed by atoms with Crippen LogP contribution in [0.15, 0.2) is 35.1 Å². The average Bonchev–Trinajstić information content (AvgIpc) is 3.01. The molecule has 0 unspecified atom stereocenters. The molecule has 2 aromatic heterocycles. The topological polar surface area (TPSA) is 64.3 Å². The summed E-state index contributed by atoms with van der Waals surface area (Å²) in [7, 11) is 0. The Morgan fingerprint density at radius 3 is 2.96 bits per heavy atom. The number of halogens is 1. The van der Waals surface area contributed by atoms with Gasteiger partial charge in [-0.05, 0) is 24.1 Å². The van der Waals surface area contributed by atoms with Crippen LogP contribution in [0.3, 0.4) is 0 Å². The zero-order valence-electron chi connectivity index (χ0n) is 14.2. The van der Waals surface area contributed by atoms with Crippen LogP contribution < -0.4 is 5.56 Å². The van der Waals surface area contributed by atoms with Gasteiger partial charge < -0.3 is 14.4 Å². The molecule has 0 saturated heterocycles. The summed E-state index contributed by atoms with van der Waals surface area (Å²) >= 11 is 6.65. The molecule has 26 heavy (non-hydrogen) atoms. The Labute approximate surface area is 154 Å². The Hall–Kier alpha value is -2.21. The van der Waals surface area contributed by atoms with Gasteiger partial charge in [-0.3, -0.25) is 4.79 Å². The largest absolute Gasteiger partial charge is 0.367 e. The molecule has 0 spiro atoms. The molecule has 0 bridgehead atoms. The standard InChI is InChI=1S/C20H17ClN2O3/c1-2-10-12-7-16-18-13(17(21)11-5-3-4-6-15(11)22-18)8-23(16)19(24)14(12)9-26-20(10)25/h3-7,10,20,25H,2,8-9H2,1H3/t10-,20+/m1/s1. The smallest absolute Gasteiger partial charge is 0.257 e. The highest BCUT2D eigenvalue weighted by Crippen LogP contribution is 2.40. The van der Waals surface area contributed by atoms with Crippen molar-refractivity contribution in [2.45, 2.75) is 38.7 Å². The summed E-state index contributed by atoms with van der Waals surface area (Å²) in [5.41, 5.74) is 4.61. The van der Waals surface area contributed by atoms with Gasteiger partial charge in [0.05, 0.1) is 35.1 Å². The Kier molecular flexibility index (Phi) is 3.47. The summed E-state index contributed by atoms with van der Waals surface area (Å²) in [6, 6.07) is 9.71. The first-order chi connectivity index (χ1) is 12.6. The number of pyridine rings is 2. The van der Waals surface area contributed by atoms with Crippen molar-refractivity contribution in [2.24, 2.45) is 0 Å². The van der Waals surface area contributed by atoms with E-state index in [1.165, 1.54) is 0 Å². The fraction of sp³-hybridized carbons (Fsp3) is 0.300. The lowest BCUT2D eigenvalue weighted by molar-refractivity contribution is -0.134. The van der Waals surface area contributed by atoms with Gasteiger partial charge >= 0.3 is 0 Å². The van der Waals surface area contributed by atoms with Gasteiger partial charge in [0.15, 0.2) is 6.29 Å². The second-order valence-electron chi connectivity index (χ2n) is 6.84. The third-order valence-corrected chi connectivity index (χ3v) is 5.93. The van der Waals surface area contributed by atoms with Gasteiger partial charge in [0.2, 0.25) is 0 Å². The summed E-state index contributed by atoms with van der Waals surface area (Å²) in [5.74, 6) is -0.211. The van der Waals surface area contributed by atoms with Crippen LogP contribution in [0.4, 0.5) is 0 Å². The number of nitrogens with zero attached hydrogens (tertiary/aromatic N) is 2. The number of hydrogen-bond acceptors (Lipinski definition) is 4. The van der Waals surface area contributed by atoms with Gasteiger partial charge in [-0.25, -0.2) is 4.98 Å². The van der Waals surface area contributed by atoms with Crippen molar-refractivity contribution >= 4 is 22.5 Å². The van der Waals surface area contributed by atoms with Crippen LogP contribution in [0.5, 0.6) is 0 Å². The van der Waals surface area contributed by atoms with Gasteiger partial charge in [-0.1, -0.05) is 36.7 Å². The minimum atomic E-state index is -0.885. The number of hydrogen-bond donors (Lipinski definition) is 1. The maximum Gasteiger partial charge on any atom is 0.257 e. The predicted molar refractivity (Wildman–Crippen MR) is 99.4 cm³/mol. The molecule has 0 fully saturated rings. The van der Waals surface area contributed by atoms with E-state index in [9.17, 15) is 9.90 Å². The molecule has 5 rings (SSSR count). The maximum absolute atomic E-state index is 13.1. The Morgan fingerprint density at radius 2 is 2.15 bits per heavy atom. The van der Waals surface area contributed by atoms with E-state index in [4.69, 9.17) is 21.3 Å². The maximum atomic E-state index is 13.1. The number of rotatable bonds is 1. The normalized spacial score (nSPS) is 20.7. The van der Waals surface area contributed by atoms with Crippen LogP contribution in [0.25, 0.3) is 22.3 Å². The predicted octanol–water partition coefficient (Wildman–Crippen LogP) is 3.42.